The first-order chi connectivity index (χ1) is 14.4. The monoisotopic (exact) mass is 394 g/mol. The number of benzene rings is 3. The normalized spacial score (nSPS) is 11.8. The van der Waals surface area contributed by atoms with Crippen LogP contribution in [-0.2, 0) is 6.54 Å². The van der Waals surface area contributed by atoms with Crippen molar-refractivity contribution in [2.75, 3.05) is 0 Å². The minimum atomic E-state index is 0.561. The van der Waals surface area contributed by atoms with Gasteiger partial charge in [-0.15, -0.1) is 0 Å². The molecule has 0 aliphatic heterocycles. The van der Waals surface area contributed by atoms with Crippen molar-refractivity contribution >= 4 is 22.3 Å². The van der Waals surface area contributed by atoms with Gasteiger partial charge in [0, 0.05) is 18.0 Å². The summed E-state index contributed by atoms with van der Waals surface area (Å²) in [6.07, 6.45) is 3.61. The molecule has 0 spiro atoms. The number of hydrogen-bond donors (Lipinski definition) is 0. The molecular weight excluding hydrogens is 376 g/mol. The van der Waals surface area contributed by atoms with Gasteiger partial charge in [-0.05, 0) is 46.1 Å². The molecule has 0 radical (unpaired) electrons. The Morgan fingerprint density at radius 1 is 0.828 bits per heavy atom. The highest BCUT2D eigenvalue weighted by Crippen LogP contribution is 2.29. The molecule has 0 amide bonds. The highest BCUT2D eigenvalue weighted by Gasteiger charge is 2.13. The third-order valence-corrected chi connectivity index (χ3v) is 5.66. The highest BCUT2D eigenvalue weighted by molar-refractivity contribution is 7.04. The predicted octanol–water partition coefficient (Wildman–Crippen LogP) is 5.25. The van der Waals surface area contributed by atoms with E-state index in [1.165, 1.54) is 10.8 Å². The lowest BCUT2D eigenvalue weighted by Crippen LogP contribution is -1.99. The Hall–Kier alpha value is -3.57. The van der Waals surface area contributed by atoms with E-state index in [1.807, 2.05) is 36.5 Å². The van der Waals surface area contributed by atoms with Crippen LogP contribution in [0.15, 0.2) is 102 Å². The van der Waals surface area contributed by atoms with Gasteiger partial charge in [-0.3, -0.25) is 9.98 Å². The van der Waals surface area contributed by atoms with Gasteiger partial charge in [-0.25, -0.2) is 3.96 Å². The summed E-state index contributed by atoms with van der Waals surface area (Å²) in [7, 11) is 0. The van der Waals surface area contributed by atoms with Crippen LogP contribution in [0.25, 0.3) is 27.8 Å². The predicted molar refractivity (Wildman–Crippen MR) is 118 cm³/mol. The van der Waals surface area contributed by atoms with Crippen LogP contribution >= 0.6 is 11.5 Å². The zero-order valence-electron chi connectivity index (χ0n) is 15.6. The van der Waals surface area contributed by atoms with Gasteiger partial charge in [0.15, 0.2) is 5.82 Å². The van der Waals surface area contributed by atoms with Crippen LogP contribution < -0.4 is 4.80 Å². The minimum Gasteiger partial charge on any atom is -0.264 e. The summed E-state index contributed by atoms with van der Waals surface area (Å²) in [6.45, 7) is 0.561. The van der Waals surface area contributed by atoms with Gasteiger partial charge in [0.2, 0.25) is 4.80 Å². The molecule has 0 saturated carbocycles. The van der Waals surface area contributed by atoms with Crippen molar-refractivity contribution in [2.45, 2.75) is 6.54 Å². The third kappa shape index (κ3) is 3.60. The third-order valence-electron chi connectivity index (χ3n) is 4.71. The number of rotatable bonds is 4. The summed E-state index contributed by atoms with van der Waals surface area (Å²) >= 11 is 1.55. The summed E-state index contributed by atoms with van der Waals surface area (Å²) in [4.78, 5) is 14.6. The number of nitrogens with zero attached hydrogens (tertiary/aromatic N) is 4. The first-order valence-electron chi connectivity index (χ1n) is 9.42. The van der Waals surface area contributed by atoms with E-state index in [4.69, 9.17) is 9.98 Å². The largest absolute Gasteiger partial charge is 0.264 e. The van der Waals surface area contributed by atoms with Gasteiger partial charge in [-0.1, -0.05) is 66.7 Å². The smallest absolute Gasteiger partial charge is 0.223 e. The topological polar surface area (TPSA) is 43.1 Å². The van der Waals surface area contributed by atoms with Crippen molar-refractivity contribution in [3.8, 4) is 17.1 Å². The van der Waals surface area contributed by atoms with E-state index in [2.05, 4.69) is 63.5 Å². The minimum absolute atomic E-state index is 0.561. The Bertz CT molecular complexity index is 1320. The highest BCUT2D eigenvalue weighted by atomic mass is 32.1. The average molecular weight is 395 g/mol. The molecule has 5 rings (SSSR count). The quantitative estimate of drug-likeness (QED) is 0.418. The summed E-state index contributed by atoms with van der Waals surface area (Å²) in [6, 6.07) is 29.0. The van der Waals surface area contributed by atoms with E-state index in [1.54, 1.807) is 17.7 Å². The van der Waals surface area contributed by atoms with Crippen LogP contribution in [0.5, 0.6) is 0 Å². The van der Waals surface area contributed by atoms with Crippen molar-refractivity contribution in [3.05, 3.63) is 108 Å². The van der Waals surface area contributed by atoms with Crippen molar-refractivity contribution in [2.24, 2.45) is 4.99 Å². The lowest BCUT2D eigenvalue weighted by molar-refractivity contribution is 0.980. The zero-order chi connectivity index (χ0) is 19.5. The maximum absolute atomic E-state index is 4.92. The lowest BCUT2D eigenvalue weighted by atomic mass is 10.0. The Labute approximate surface area is 172 Å². The Kier molecular flexibility index (Phi) is 4.72. The number of hydrogen-bond acceptors (Lipinski definition) is 4. The van der Waals surface area contributed by atoms with Gasteiger partial charge in [0.05, 0.1) is 12.2 Å². The number of pyridine rings is 1. The fraction of sp³-hybridized carbons (Fsp3) is 0.0417. The molecule has 29 heavy (non-hydrogen) atoms. The molecule has 0 unspecified atom stereocenters. The summed E-state index contributed by atoms with van der Waals surface area (Å²) in [5.74, 6) is 0.905. The summed E-state index contributed by atoms with van der Waals surface area (Å²) in [5, 5.41) is 2.38. The molecule has 4 nitrogen and oxygen atoms in total. The molecule has 0 saturated heterocycles. The fourth-order valence-corrected chi connectivity index (χ4v) is 4.19. The molecule has 0 N–H and O–H groups in total. The lowest BCUT2D eigenvalue weighted by Gasteiger charge is -2.09. The van der Waals surface area contributed by atoms with Gasteiger partial charge in [0.25, 0.3) is 0 Å². The molecule has 5 heteroatoms. The van der Waals surface area contributed by atoms with E-state index in [0.29, 0.717) is 6.54 Å². The second-order valence-electron chi connectivity index (χ2n) is 6.64. The van der Waals surface area contributed by atoms with E-state index in [-0.39, 0.29) is 0 Å². The van der Waals surface area contributed by atoms with E-state index < -0.39 is 0 Å². The average Bonchev–Trinajstić information content (AvgIpc) is 3.23. The van der Waals surface area contributed by atoms with Crippen LogP contribution in [0.1, 0.15) is 5.56 Å². The first-order valence-corrected chi connectivity index (χ1v) is 10.2. The van der Waals surface area contributed by atoms with Gasteiger partial charge < -0.3 is 0 Å². The molecule has 0 aliphatic rings. The molecule has 0 bridgehead atoms. The van der Waals surface area contributed by atoms with Crippen molar-refractivity contribution < 1.29 is 0 Å². The molecule has 5 aromatic rings. The van der Waals surface area contributed by atoms with Gasteiger partial charge >= 0.3 is 0 Å². The van der Waals surface area contributed by atoms with E-state index >= 15 is 0 Å². The second-order valence-corrected chi connectivity index (χ2v) is 7.56. The SMILES string of the molecule is c1ccc(-n2s/c(=N\Cc3cccnc3)nc2-c2cccc3ccccc23)cc1. The molecule has 2 heterocycles. The van der Waals surface area contributed by atoms with Gasteiger partial charge in [0.1, 0.15) is 0 Å². The number of fused-ring (bicyclic) bond motifs is 1. The summed E-state index contributed by atoms with van der Waals surface area (Å²) < 4.78 is 2.16. The van der Waals surface area contributed by atoms with Crippen LogP contribution in [0, 0.1) is 0 Å². The fourth-order valence-electron chi connectivity index (χ4n) is 3.32. The second kappa shape index (κ2) is 7.81. The maximum Gasteiger partial charge on any atom is 0.223 e. The maximum atomic E-state index is 4.92. The van der Waals surface area contributed by atoms with Crippen molar-refractivity contribution in [3.63, 3.8) is 0 Å². The van der Waals surface area contributed by atoms with Gasteiger partial charge in [-0.2, -0.15) is 4.98 Å². The molecule has 0 atom stereocenters. The molecule has 2 aromatic heterocycles. The Balaban J connectivity index is 1.68. The Morgan fingerprint density at radius 2 is 1.66 bits per heavy atom. The molecule has 140 valence electrons. The van der Waals surface area contributed by atoms with Crippen LogP contribution in [-0.4, -0.2) is 13.9 Å². The van der Waals surface area contributed by atoms with Crippen LogP contribution in [0.4, 0.5) is 0 Å². The van der Waals surface area contributed by atoms with Crippen LogP contribution in [0.3, 0.4) is 0 Å². The van der Waals surface area contributed by atoms with Crippen LogP contribution in [0.2, 0.25) is 0 Å². The van der Waals surface area contributed by atoms with Crippen molar-refractivity contribution in [1.29, 1.82) is 0 Å². The molecule has 0 aliphatic carbocycles. The van der Waals surface area contributed by atoms with E-state index in [9.17, 15) is 0 Å². The van der Waals surface area contributed by atoms with Crippen molar-refractivity contribution in [1.82, 2.24) is 13.9 Å². The number of aromatic nitrogens is 3. The number of para-hydroxylation sites is 1. The zero-order valence-corrected chi connectivity index (χ0v) is 16.5. The first kappa shape index (κ1) is 17.5. The van der Waals surface area contributed by atoms with E-state index in [0.717, 1.165) is 27.4 Å². The molecule has 0 fully saturated rings. The Morgan fingerprint density at radius 3 is 2.52 bits per heavy atom. The molecular formula is C24H18N4S. The standard InChI is InChI=1S/C24H18N4S/c1-2-11-20(12-3-1)28-23(22-14-6-10-19-9-4-5-13-21(19)22)27-24(29-28)26-17-18-8-7-15-25-16-18/h1-16H,17H2/b26-24-. The molecule has 3 aromatic carbocycles. The summed E-state index contributed by atoms with van der Waals surface area (Å²) in [5.41, 5.74) is 3.25.